The van der Waals surface area contributed by atoms with Gasteiger partial charge in [-0.15, -0.1) is 0 Å². The molecule has 0 spiro atoms. The number of aliphatic hydroxyl groups is 3. The molecule has 7 heteroatoms. The molecular formula is C21H25ClN2O4. The molecular weight excluding hydrogens is 380 g/mol. The molecule has 0 saturated carbocycles. The van der Waals surface area contributed by atoms with E-state index >= 15 is 0 Å². The van der Waals surface area contributed by atoms with Crippen LogP contribution >= 0.6 is 11.6 Å². The predicted molar refractivity (Wildman–Crippen MR) is 109 cm³/mol. The monoisotopic (exact) mass is 404 g/mol. The Labute approximate surface area is 170 Å². The van der Waals surface area contributed by atoms with Gasteiger partial charge >= 0.3 is 0 Å². The highest BCUT2D eigenvalue weighted by Gasteiger charge is 2.22. The van der Waals surface area contributed by atoms with Gasteiger partial charge in [0.15, 0.2) is 5.60 Å². The topological polar surface area (TPSA) is 87.7 Å². The third kappa shape index (κ3) is 4.40. The van der Waals surface area contributed by atoms with Gasteiger partial charge < -0.3 is 24.6 Å². The number of halogens is 1. The molecule has 0 unspecified atom stereocenters. The van der Waals surface area contributed by atoms with Crippen molar-refractivity contribution in [1.82, 2.24) is 9.55 Å². The Morgan fingerprint density at radius 1 is 1.32 bits per heavy atom. The maximum Gasteiger partial charge on any atom is 0.171 e. The van der Waals surface area contributed by atoms with E-state index in [1.165, 1.54) is 0 Å². The maximum atomic E-state index is 9.99. The van der Waals surface area contributed by atoms with Crippen LogP contribution in [0.25, 0.3) is 5.03 Å². The SMILES string of the molecule is C=C(Cl)c1c(C#CC(O)(CO)CO)cn(Cc2ncc(C)c(OC)c2C)c1C. The molecule has 2 aromatic rings. The fourth-order valence-electron chi connectivity index (χ4n) is 2.96. The van der Waals surface area contributed by atoms with Crippen molar-refractivity contribution in [2.24, 2.45) is 0 Å². The lowest BCUT2D eigenvalue weighted by Crippen LogP contribution is -2.35. The molecule has 0 amide bonds. The van der Waals surface area contributed by atoms with E-state index in [1.807, 2.05) is 25.3 Å². The molecule has 6 nitrogen and oxygen atoms in total. The number of rotatable bonds is 6. The first-order chi connectivity index (χ1) is 13.2. The molecule has 0 aliphatic heterocycles. The van der Waals surface area contributed by atoms with Gasteiger partial charge in [-0.3, -0.25) is 4.98 Å². The first-order valence-electron chi connectivity index (χ1n) is 8.68. The number of aryl methyl sites for hydroxylation is 1. The number of aromatic nitrogens is 2. The molecule has 0 aromatic carbocycles. The standard InChI is InChI=1S/C21H25ClN2O4/c1-13-8-23-18(14(2)20(13)28-5)10-24-9-17(19(15(3)22)16(24)4)6-7-21(27,11-25)12-26/h8-9,25-27H,3,10-12H2,1-2,4-5H3. The van der Waals surface area contributed by atoms with Gasteiger partial charge in [-0.1, -0.05) is 30.0 Å². The summed E-state index contributed by atoms with van der Waals surface area (Å²) in [5.41, 5.74) is 2.88. The summed E-state index contributed by atoms with van der Waals surface area (Å²) in [6, 6.07) is 0. The zero-order valence-electron chi connectivity index (χ0n) is 16.5. The Balaban J connectivity index is 2.51. The van der Waals surface area contributed by atoms with Gasteiger partial charge in [0.25, 0.3) is 0 Å². The van der Waals surface area contributed by atoms with E-state index in [4.69, 9.17) is 16.3 Å². The fraction of sp³-hybridized carbons (Fsp3) is 0.381. The normalized spacial score (nSPS) is 11.1. The molecule has 0 atom stereocenters. The van der Waals surface area contributed by atoms with Gasteiger partial charge in [0.1, 0.15) is 5.75 Å². The number of methoxy groups -OCH3 is 1. The Bertz CT molecular complexity index is 950. The van der Waals surface area contributed by atoms with Crippen LogP contribution in [0.2, 0.25) is 0 Å². The summed E-state index contributed by atoms with van der Waals surface area (Å²) in [6.45, 7) is 8.69. The molecule has 0 aliphatic rings. The zero-order chi connectivity index (χ0) is 21.1. The van der Waals surface area contributed by atoms with Gasteiger partial charge in [0.2, 0.25) is 0 Å². The highest BCUT2D eigenvalue weighted by Crippen LogP contribution is 2.29. The smallest absolute Gasteiger partial charge is 0.171 e. The van der Waals surface area contributed by atoms with Crippen molar-refractivity contribution in [2.75, 3.05) is 20.3 Å². The average Bonchev–Trinajstić information content (AvgIpc) is 2.98. The minimum atomic E-state index is -1.89. The van der Waals surface area contributed by atoms with E-state index in [9.17, 15) is 15.3 Å². The second kappa shape index (κ2) is 8.80. The Morgan fingerprint density at radius 3 is 2.50 bits per heavy atom. The Hall–Kier alpha value is -2.30. The van der Waals surface area contributed by atoms with Crippen LogP contribution in [0, 0.1) is 32.6 Å². The van der Waals surface area contributed by atoms with Crippen molar-refractivity contribution in [3.05, 3.63) is 52.6 Å². The molecule has 0 saturated heterocycles. The van der Waals surface area contributed by atoms with Crippen LogP contribution in [0.4, 0.5) is 0 Å². The molecule has 0 fully saturated rings. The van der Waals surface area contributed by atoms with Crippen molar-refractivity contribution >= 4 is 16.6 Å². The molecule has 2 heterocycles. The molecule has 3 N–H and O–H groups in total. The predicted octanol–water partition coefficient (Wildman–Crippen LogP) is 2.14. The van der Waals surface area contributed by atoms with Gasteiger partial charge in [-0.05, 0) is 20.8 Å². The first-order valence-corrected chi connectivity index (χ1v) is 9.06. The van der Waals surface area contributed by atoms with Crippen LogP contribution in [-0.2, 0) is 6.54 Å². The number of nitrogens with zero attached hydrogens (tertiary/aromatic N) is 2. The summed E-state index contributed by atoms with van der Waals surface area (Å²) in [7, 11) is 1.63. The quantitative estimate of drug-likeness (QED) is 0.642. The Kier molecular flexibility index (Phi) is 6.91. The summed E-state index contributed by atoms with van der Waals surface area (Å²) in [6.07, 6.45) is 3.55. The highest BCUT2D eigenvalue weighted by atomic mass is 35.5. The second-order valence-electron chi connectivity index (χ2n) is 6.68. The van der Waals surface area contributed by atoms with Crippen LogP contribution in [0.1, 0.15) is 33.6 Å². The molecule has 150 valence electrons. The second-order valence-corrected chi connectivity index (χ2v) is 7.14. The average molecular weight is 405 g/mol. The number of aliphatic hydroxyl groups excluding tert-OH is 2. The van der Waals surface area contributed by atoms with Crippen molar-refractivity contribution in [2.45, 2.75) is 32.9 Å². The number of ether oxygens (including phenoxy) is 1. The third-order valence-corrected chi connectivity index (χ3v) is 4.83. The summed E-state index contributed by atoms with van der Waals surface area (Å²) in [5, 5.41) is 28.7. The fourth-order valence-corrected chi connectivity index (χ4v) is 3.20. The van der Waals surface area contributed by atoms with E-state index in [-0.39, 0.29) is 0 Å². The number of pyridine rings is 1. The zero-order valence-corrected chi connectivity index (χ0v) is 17.3. The van der Waals surface area contributed by atoms with Gasteiger partial charge in [-0.2, -0.15) is 0 Å². The minimum Gasteiger partial charge on any atom is -0.496 e. The summed E-state index contributed by atoms with van der Waals surface area (Å²) >= 11 is 6.17. The van der Waals surface area contributed by atoms with Crippen LogP contribution < -0.4 is 4.74 Å². The van der Waals surface area contributed by atoms with Crippen LogP contribution in [0.15, 0.2) is 19.0 Å². The highest BCUT2D eigenvalue weighted by molar-refractivity contribution is 6.48. The van der Waals surface area contributed by atoms with Crippen LogP contribution in [0.3, 0.4) is 0 Å². The summed E-state index contributed by atoms with van der Waals surface area (Å²) < 4.78 is 7.41. The molecule has 28 heavy (non-hydrogen) atoms. The molecule has 0 radical (unpaired) electrons. The first kappa shape index (κ1) is 22.0. The van der Waals surface area contributed by atoms with Crippen LogP contribution in [-0.4, -0.2) is 50.8 Å². The van der Waals surface area contributed by atoms with E-state index in [1.54, 1.807) is 19.5 Å². The third-order valence-electron chi connectivity index (χ3n) is 4.64. The van der Waals surface area contributed by atoms with Crippen molar-refractivity contribution in [3.63, 3.8) is 0 Å². The van der Waals surface area contributed by atoms with E-state index in [0.717, 1.165) is 28.3 Å². The molecule has 2 rings (SSSR count). The lowest BCUT2D eigenvalue weighted by atomic mass is 10.1. The maximum absolute atomic E-state index is 9.99. The van der Waals surface area contributed by atoms with Crippen molar-refractivity contribution in [1.29, 1.82) is 0 Å². The van der Waals surface area contributed by atoms with E-state index < -0.39 is 18.8 Å². The van der Waals surface area contributed by atoms with Gasteiger partial charge in [0, 0.05) is 39.8 Å². The van der Waals surface area contributed by atoms with E-state index in [0.29, 0.717) is 22.7 Å². The largest absolute Gasteiger partial charge is 0.496 e. The van der Waals surface area contributed by atoms with Crippen molar-refractivity contribution in [3.8, 4) is 17.6 Å². The lowest BCUT2D eigenvalue weighted by Gasteiger charge is -2.14. The minimum absolute atomic E-state index is 0.309. The van der Waals surface area contributed by atoms with Crippen molar-refractivity contribution < 1.29 is 20.1 Å². The lowest BCUT2D eigenvalue weighted by molar-refractivity contribution is -0.00938. The van der Waals surface area contributed by atoms with Crippen LogP contribution in [0.5, 0.6) is 5.75 Å². The molecule has 0 bridgehead atoms. The van der Waals surface area contributed by atoms with Gasteiger partial charge in [-0.25, -0.2) is 0 Å². The van der Waals surface area contributed by atoms with Gasteiger partial charge in [0.05, 0.1) is 38.1 Å². The number of hydrogen-bond donors (Lipinski definition) is 3. The molecule has 0 aliphatic carbocycles. The number of hydrogen-bond acceptors (Lipinski definition) is 5. The summed E-state index contributed by atoms with van der Waals surface area (Å²) in [5.74, 6) is 6.10. The summed E-state index contributed by atoms with van der Waals surface area (Å²) in [4.78, 5) is 4.52. The molecule has 2 aromatic heterocycles. The van der Waals surface area contributed by atoms with E-state index in [2.05, 4.69) is 23.4 Å². The Morgan fingerprint density at radius 2 is 1.96 bits per heavy atom.